The van der Waals surface area contributed by atoms with Crippen LogP contribution >= 0.6 is 0 Å². The number of nitrogens with zero attached hydrogens (tertiary/aromatic N) is 5. The summed E-state index contributed by atoms with van der Waals surface area (Å²) in [6.07, 6.45) is 0. The zero-order chi connectivity index (χ0) is 47.3. The largest absolute Gasteiger partial charge is 0.309 e. The molecule has 3 heterocycles. The molecular formula is C67H41N5. The number of aromatic nitrogens is 5. The molecule has 12 aromatic carbocycles. The summed E-state index contributed by atoms with van der Waals surface area (Å²) in [5.41, 5.74) is 14.6. The molecule has 0 unspecified atom stereocenters. The van der Waals surface area contributed by atoms with Crippen LogP contribution in [0.5, 0.6) is 0 Å². The van der Waals surface area contributed by atoms with Crippen molar-refractivity contribution in [1.29, 1.82) is 0 Å². The minimum Gasteiger partial charge on any atom is -0.309 e. The monoisotopic (exact) mass is 915 g/mol. The zero-order valence-electron chi connectivity index (χ0n) is 38.9. The molecule has 3 aromatic heterocycles. The zero-order valence-corrected chi connectivity index (χ0v) is 38.9. The number of hydrogen-bond acceptors (Lipinski definition) is 3. The van der Waals surface area contributed by atoms with Crippen LogP contribution in [0.4, 0.5) is 0 Å². The predicted octanol–water partition coefficient (Wildman–Crippen LogP) is 17.3. The van der Waals surface area contributed by atoms with Crippen LogP contribution < -0.4 is 0 Å². The summed E-state index contributed by atoms with van der Waals surface area (Å²) >= 11 is 0. The lowest BCUT2D eigenvalue weighted by Gasteiger charge is -2.14. The van der Waals surface area contributed by atoms with Gasteiger partial charge in [0.25, 0.3) is 0 Å². The molecule has 0 aliphatic heterocycles. The molecule has 0 N–H and O–H groups in total. The predicted molar refractivity (Wildman–Crippen MR) is 299 cm³/mol. The number of rotatable bonds is 7. The summed E-state index contributed by atoms with van der Waals surface area (Å²) in [6, 6.07) is 89.5. The Hall–Kier alpha value is -9.71. The Balaban J connectivity index is 0.934. The van der Waals surface area contributed by atoms with Gasteiger partial charge in [-0.1, -0.05) is 200 Å². The molecule has 0 aliphatic rings. The minimum atomic E-state index is 0.571. The number of fused-ring (bicyclic) bond motifs is 5. The fourth-order valence-electron chi connectivity index (χ4n) is 11.5. The first-order valence-electron chi connectivity index (χ1n) is 24.5. The van der Waals surface area contributed by atoms with Gasteiger partial charge >= 0.3 is 0 Å². The Morgan fingerprint density at radius 3 is 1.46 bits per heavy atom. The van der Waals surface area contributed by atoms with Crippen LogP contribution in [-0.2, 0) is 0 Å². The van der Waals surface area contributed by atoms with E-state index in [1.54, 1.807) is 0 Å². The lowest BCUT2D eigenvalue weighted by Crippen LogP contribution is -2.06. The van der Waals surface area contributed by atoms with E-state index in [4.69, 9.17) is 15.0 Å². The van der Waals surface area contributed by atoms with E-state index in [9.17, 15) is 0 Å². The van der Waals surface area contributed by atoms with Crippen molar-refractivity contribution in [2.24, 2.45) is 0 Å². The number of hydrogen-bond donors (Lipinski definition) is 0. The molecule has 0 saturated carbocycles. The Kier molecular flexibility index (Phi) is 8.89. The van der Waals surface area contributed by atoms with Crippen molar-refractivity contribution >= 4 is 75.9 Å². The van der Waals surface area contributed by atoms with Crippen molar-refractivity contribution in [1.82, 2.24) is 24.1 Å². The average Bonchev–Trinajstić information content (AvgIpc) is 3.98. The molecule has 5 nitrogen and oxygen atoms in total. The maximum absolute atomic E-state index is 5.38. The SMILES string of the molecule is c1ccc(-c2cc(-c3ccccc3)cc(-n3c4cccc5ccc6c(-c7ccc8c(c7)c7ccccc7n8-c7nc(-c8cccc9ccccc89)nc(-c8cccc9ccccc89)n7)ccc3c6c54)c2)cc1. The summed E-state index contributed by atoms with van der Waals surface area (Å²) in [4.78, 5) is 16.0. The molecule has 0 radical (unpaired) electrons. The van der Waals surface area contributed by atoms with E-state index in [1.807, 2.05) is 0 Å². The second kappa shape index (κ2) is 15.9. The molecule has 0 bridgehead atoms. The van der Waals surface area contributed by atoms with Gasteiger partial charge in [0.15, 0.2) is 11.6 Å². The van der Waals surface area contributed by atoms with Crippen LogP contribution in [0.2, 0.25) is 0 Å². The van der Waals surface area contributed by atoms with E-state index < -0.39 is 0 Å². The quantitative estimate of drug-likeness (QED) is 0.150. The number of para-hydroxylation sites is 1. The van der Waals surface area contributed by atoms with Gasteiger partial charge in [-0.15, -0.1) is 0 Å². The van der Waals surface area contributed by atoms with Crippen molar-refractivity contribution in [2.45, 2.75) is 0 Å². The molecule has 15 rings (SSSR count). The average molecular weight is 916 g/mol. The molecule has 0 spiro atoms. The van der Waals surface area contributed by atoms with Gasteiger partial charge in [-0.2, -0.15) is 9.97 Å². The van der Waals surface area contributed by atoms with E-state index in [0.717, 1.165) is 65.7 Å². The molecule has 72 heavy (non-hydrogen) atoms. The van der Waals surface area contributed by atoms with E-state index in [-0.39, 0.29) is 0 Å². The summed E-state index contributed by atoms with van der Waals surface area (Å²) < 4.78 is 4.69. The standard InChI is InChI=1S/C67H41N5/c1-3-16-42(17-4-1)48-38-49(43-18-5-2-6-19-43)40-50(39-48)71-61-31-15-24-46-32-34-55-53(35-37-62(71)64(55)63(46)61)47-33-36-60-58(41-47)54-27-11-12-30-59(54)72(60)67-69-65(56-28-13-22-44-20-7-9-25-51(44)56)68-66(70-67)57-29-14-23-45-21-8-10-26-52(45)57/h1-41H. The van der Waals surface area contributed by atoms with E-state index in [2.05, 4.69) is 258 Å². The van der Waals surface area contributed by atoms with Crippen molar-refractivity contribution in [2.75, 3.05) is 0 Å². The first-order valence-corrected chi connectivity index (χ1v) is 24.5. The van der Waals surface area contributed by atoms with Crippen LogP contribution in [0.25, 0.3) is 144 Å². The molecular weight excluding hydrogens is 875 g/mol. The van der Waals surface area contributed by atoms with Crippen molar-refractivity contribution in [3.8, 4) is 67.8 Å². The van der Waals surface area contributed by atoms with Crippen LogP contribution in [0, 0.1) is 0 Å². The lowest BCUT2D eigenvalue weighted by molar-refractivity contribution is 0.955. The minimum absolute atomic E-state index is 0.571. The highest BCUT2D eigenvalue weighted by Gasteiger charge is 2.23. The third kappa shape index (κ3) is 6.24. The molecule has 0 fully saturated rings. The van der Waals surface area contributed by atoms with E-state index in [0.29, 0.717) is 17.6 Å². The maximum Gasteiger partial charge on any atom is 0.238 e. The normalized spacial score (nSPS) is 11.9. The smallest absolute Gasteiger partial charge is 0.238 e. The van der Waals surface area contributed by atoms with Gasteiger partial charge in [0.05, 0.1) is 22.1 Å². The highest BCUT2D eigenvalue weighted by atomic mass is 15.2. The van der Waals surface area contributed by atoms with E-state index in [1.165, 1.54) is 60.4 Å². The molecule has 0 saturated heterocycles. The summed E-state index contributed by atoms with van der Waals surface area (Å²) in [6.45, 7) is 0. The third-order valence-corrected chi connectivity index (χ3v) is 14.7. The highest BCUT2D eigenvalue weighted by molar-refractivity contribution is 6.27. The highest BCUT2D eigenvalue weighted by Crippen LogP contribution is 2.45. The van der Waals surface area contributed by atoms with Gasteiger partial charge in [-0.25, -0.2) is 4.98 Å². The third-order valence-electron chi connectivity index (χ3n) is 14.7. The molecule has 5 heteroatoms. The van der Waals surface area contributed by atoms with Crippen LogP contribution in [0.1, 0.15) is 0 Å². The van der Waals surface area contributed by atoms with Gasteiger partial charge in [0, 0.05) is 38.4 Å². The summed E-state index contributed by atoms with van der Waals surface area (Å²) in [5, 5.41) is 11.7. The topological polar surface area (TPSA) is 48.5 Å². The lowest BCUT2D eigenvalue weighted by atomic mass is 9.94. The second-order valence-electron chi connectivity index (χ2n) is 18.8. The Morgan fingerprint density at radius 1 is 0.250 bits per heavy atom. The number of benzene rings is 12. The Morgan fingerprint density at radius 2 is 0.778 bits per heavy atom. The van der Waals surface area contributed by atoms with Gasteiger partial charge in [0.1, 0.15) is 0 Å². The molecule has 0 amide bonds. The summed E-state index contributed by atoms with van der Waals surface area (Å²) in [7, 11) is 0. The van der Waals surface area contributed by atoms with Gasteiger partial charge in [-0.05, 0) is 114 Å². The molecule has 0 atom stereocenters. The van der Waals surface area contributed by atoms with Crippen LogP contribution in [-0.4, -0.2) is 24.1 Å². The summed E-state index contributed by atoms with van der Waals surface area (Å²) in [5.74, 6) is 1.83. The molecule has 334 valence electrons. The van der Waals surface area contributed by atoms with Gasteiger partial charge in [-0.3, -0.25) is 4.57 Å². The van der Waals surface area contributed by atoms with Crippen LogP contribution in [0.15, 0.2) is 249 Å². The first kappa shape index (κ1) is 40.2. The maximum atomic E-state index is 5.38. The Labute approximate surface area is 414 Å². The van der Waals surface area contributed by atoms with Crippen molar-refractivity contribution < 1.29 is 0 Å². The van der Waals surface area contributed by atoms with E-state index >= 15 is 0 Å². The Bertz CT molecular complexity index is 4460. The van der Waals surface area contributed by atoms with Crippen LogP contribution in [0.3, 0.4) is 0 Å². The molecule has 15 aromatic rings. The second-order valence-corrected chi connectivity index (χ2v) is 18.8. The van der Waals surface area contributed by atoms with Crippen molar-refractivity contribution in [3.63, 3.8) is 0 Å². The first-order chi connectivity index (χ1) is 35.7. The fourth-order valence-corrected chi connectivity index (χ4v) is 11.5. The fraction of sp³-hybridized carbons (Fsp3) is 0. The van der Waals surface area contributed by atoms with Crippen molar-refractivity contribution in [3.05, 3.63) is 249 Å². The van der Waals surface area contributed by atoms with Gasteiger partial charge in [0.2, 0.25) is 5.95 Å². The molecule has 0 aliphatic carbocycles. The van der Waals surface area contributed by atoms with Gasteiger partial charge < -0.3 is 4.57 Å².